The van der Waals surface area contributed by atoms with Gasteiger partial charge in [-0.05, 0) is 25.3 Å². The smallest absolute Gasteiger partial charge is 0.231 e. The van der Waals surface area contributed by atoms with E-state index >= 15 is 0 Å². The Balaban J connectivity index is 1.78. The zero-order valence-electron chi connectivity index (χ0n) is 12.7. The van der Waals surface area contributed by atoms with Crippen LogP contribution in [-0.2, 0) is 21.5 Å². The van der Waals surface area contributed by atoms with Crippen LogP contribution in [0.2, 0.25) is 0 Å². The Hall–Kier alpha value is -2.14. The van der Waals surface area contributed by atoms with Crippen molar-refractivity contribution in [2.75, 3.05) is 13.2 Å². The lowest BCUT2D eigenvalue weighted by atomic mass is 9.73. The maximum absolute atomic E-state index is 12.9. The third kappa shape index (κ3) is 2.90. The maximum Gasteiger partial charge on any atom is 0.231 e. The zero-order chi connectivity index (χ0) is 15.4. The Labute approximate surface area is 129 Å². The van der Waals surface area contributed by atoms with E-state index in [9.17, 15) is 4.79 Å². The van der Waals surface area contributed by atoms with Crippen LogP contribution in [0.5, 0.6) is 0 Å². The van der Waals surface area contributed by atoms with Crippen molar-refractivity contribution in [2.24, 2.45) is 0 Å². The molecular formula is C17H20N2O3. The monoisotopic (exact) mass is 300 g/mol. The number of hydrogen-bond acceptors (Lipinski definition) is 4. The second-order valence-corrected chi connectivity index (χ2v) is 5.68. The van der Waals surface area contributed by atoms with Crippen LogP contribution in [-0.4, -0.2) is 24.3 Å². The first kappa shape index (κ1) is 14.8. The second-order valence-electron chi connectivity index (χ2n) is 5.68. The third-order valence-corrected chi connectivity index (χ3v) is 4.21. The number of hydrogen-bond donors (Lipinski definition) is 1. The summed E-state index contributed by atoms with van der Waals surface area (Å²) < 4.78 is 10.6. The van der Waals surface area contributed by atoms with Crippen molar-refractivity contribution in [1.82, 2.24) is 10.5 Å². The van der Waals surface area contributed by atoms with Gasteiger partial charge in [-0.15, -0.1) is 0 Å². The molecule has 0 radical (unpaired) electrons. The Morgan fingerprint density at radius 3 is 2.64 bits per heavy atom. The number of amides is 1. The minimum atomic E-state index is -0.519. The molecule has 1 aliphatic rings. The molecule has 1 aromatic carbocycles. The number of ether oxygens (including phenoxy) is 1. The molecule has 0 spiro atoms. The molecule has 1 amide bonds. The van der Waals surface area contributed by atoms with E-state index < -0.39 is 5.41 Å². The van der Waals surface area contributed by atoms with Crippen LogP contribution in [0.3, 0.4) is 0 Å². The van der Waals surface area contributed by atoms with E-state index in [0.717, 1.165) is 11.3 Å². The molecule has 1 aromatic heterocycles. The Morgan fingerprint density at radius 1 is 1.27 bits per heavy atom. The average Bonchev–Trinajstić information content (AvgIpc) is 2.99. The van der Waals surface area contributed by atoms with Crippen LogP contribution in [0.25, 0.3) is 0 Å². The first-order chi connectivity index (χ1) is 10.7. The zero-order valence-corrected chi connectivity index (χ0v) is 12.7. The van der Waals surface area contributed by atoms with E-state index in [4.69, 9.17) is 9.26 Å². The largest absolute Gasteiger partial charge is 0.381 e. The van der Waals surface area contributed by atoms with Gasteiger partial charge in [-0.25, -0.2) is 0 Å². The van der Waals surface area contributed by atoms with Gasteiger partial charge in [-0.3, -0.25) is 4.79 Å². The standard InChI is InChI=1S/C17H20N2O3/c1-13-11-15(22-19-13)12-18-16(20)17(7-9-21-10-8-17)14-5-3-2-4-6-14/h2-6,11H,7-10,12H2,1H3,(H,18,20). The van der Waals surface area contributed by atoms with E-state index in [1.54, 1.807) is 0 Å². The molecular weight excluding hydrogens is 280 g/mol. The molecule has 5 nitrogen and oxygen atoms in total. The van der Waals surface area contributed by atoms with Gasteiger partial charge in [0.05, 0.1) is 17.7 Å². The van der Waals surface area contributed by atoms with E-state index in [1.807, 2.05) is 43.3 Å². The van der Waals surface area contributed by atoms with Gasteiger partial charge in [0, 0.05) is 19.3 Å². The molecule has 1 fully saturated rings. The quantitative estimate of drug-likeness (QED) is 0.941. The number of carbonyl (C=O) groups is 1. The van der Waals surface area contributed by atoms with Crippen molar-refractivity contribution < 1.29 is 14.1 Å². The Bertz CT molecular complexity index is 630. The number of carbonyl (C=O) groups excluding carboxylic acids is 1. The lowest BCUT2D eigenvalue weighted by molar-refractivity contribution is -0.130. The van der Waals surface area contributed by atoms with Crippen molar-refractivity contribution in [3.63, 3.8) is 0 Å². The highest BCUT2D eigenvalue weighted by Gasteiger charge is 2.41. The molecule has 0 atom stereocenters. The van der Waals surface area contributed by atoms with Crippen LogP contribution >= 0.6 is 0 Å². The summed E-state index contributed by atoms with van der Waals surface area (Å²) in [5.74, 6) is 0.692. The molecule has 22 heavy (non-hydrogen) atoms. The van der Waals surface area contributed by atoms with Crippen molar-refractivity contribution in [2.45, 2.75) is 31.7 Å². The van der Waals surface area contributed by atoms with Crippen molar-refractivity contribution >= 4 is 5.91 Å². The van der Waals surface area contributed by atoms with Crippen LogP contribution < -0.4 is 5.32 Å². The topological polar surface area (TPSA) is 64.4 Å². The van der Waals surface area contributed by atoms with E-state index in [0.29, 0.717) is 38.4 Å². The average molecular weight is 300 g/mol. The minimum Gasteiger partial charge on any atom is -0.381 e. The summed E-state index contributed by atoms with van der Waals surface area (Å²) >= 11 is 0. The summed E-state index contributed by atoms with van der Waals surface area (Å²) in [5, 5.41) is 6.83. The Morgan fingerprint density at radius 2 is 2.00 bits per heavy atom. The molecule has 1 saturated heterocycles. The van der Waals surface area contributed by atoms with Gasteiger partial charge < -0.3 is 14.6 Å². The number of nitrogens with one attached hydrogen (secondary N) is 1. The van der Waals surface area contributed by atoms with Gasteiger partial charge in [0.15, 0.2) is 5.76 Å². The summed E-state index contributed by atoms with van der Waals surface area (Å²) in [7, 11) is 0. The Kier molecular flexibility index (Phi) is 4.24. The normalized spacial score (nSPS) is 17.1. The fourth-order valence-corrected chi connectivity index (χ4v) is 2.96. The molecule has 116 valence electrons. The number of nitrogens with zero attached hydrogens (tertiary/aromatic N) is 1. The summed E-state index contributed by atoms with van der Waals surface area (Å²) in [6.07, 6.45) is 1.39. The molecule has 2 aromatic rings. The SMILES string of the molecule is Cc1cc(CNC(=O)C2(c3ccccc3)CCOCC2)on1. The number of rotatable bonds is 4. The first-order valence-corrected chi connectivity index (χ1v) is 7.54. The summed E-state index contributed by atoms with van der Waals surface area (Å²) in [6, 6.07) is 11.8. The fraction of sp³-hybridized carbons (Fsp3) is 0.412. The molecule has 3 rings (SSSR count). The molecule has 1 aliphatic heterocycles. The van der Waals surface area contributed by atoms with Crippen LogP contribution in [0, 0.1) is 6.92 Å². The predicted octanol–water partition coefficient (Wildman–Crippen LogP) is 2.35. The van der Waals surface area contributed by atoms with E-state index in [1.165, 1.54) is 0 Å². The molecule has 0 aliphatic carbocycles. The highest BCUT2D eigenvalue weighted by molar-refractivity contribution is 5.88. The van der Waals surface area contributed by atoms with Crippen molar-refractivity contribution in [3.05, 3.63) is 53.4 Å². The third-order valence-electron chi connectivity index (χ3n) is 4.21. The van der Waals surface area contributed by atoms with Gasteiger partial charge >= 0.3 is 0 Å². The summed E-state index contributed by atoms with van der Waals surface area (Å²) in [6.45, 7) is 3.42. The number of benzene rings is 1. The second kappa shape index (κ2) is 6.32. The lowest BCUT2D eigenvalue weighted by Crippen LogP contribution is -2.47. The highest BCUT2D eigenvalue weighted by atomic mass is 16.5. The van der Waals surface area contributed by atoms with Gasteiger partial charge in [0.25, 0.3) is 0 Å². The first-order valence-electron chi connectivity index (χ1n) is 7.54. The van der Waals surface area contributed by atoms with Crippen molar-refractivity contribution in [3.8, 4) is 0 Å². The van der Waals surface area contributed by atoms with Crippen LogP contribution in [0.4, 0.5) is 0 Å². The summed E-state index contributed by atoms with van der Waals surface area (Å²) in [5.41, 5.74) is 1.34. The molecule has 0 saturated carbocycles. The molecule has 0 unspecified atom stereocenters. The number of aromatic nitrogens is 1. The van der Waals surface area contributed by atoms with Crippen molar-refractivity contribution in [1.29, 1.82) is 0 Å². The van der Waals surface area contributed by atoms with Gasteiger partial charge in [0.1, 0.15) is 0 Å². The van der Waals surface area contributed by atoms with Crippen LogP contribution in [0.1, 0.15) is 29.9 Å². The molecule has 5 heteroatoms. The maximum atomic E-state index is 12.9. The summed E-state index contributed by atoms with van der Waals surface area (Å²) in [4.78, 5) is 12.9. The van der Waals surface area contributed by atoms with Gasteiger partial charge in [0.2, 0.25) is 5.91 Å². The number of aryl methyl sites for hydroxylation is 1. The molecule has 0 bridgehead atoms. The van der Waals surface area contributed by atoms with Gasteiger partial charge in [-0.1, -0.05) is 35.5 Å². The molecule has 1 N–H and O–H groups in total. The van der Waals surface area contributed by atoms with E-state index in [-0.39, 0.29) is 5.91 Å². The van der Waals surface area contributed by atoms with Crippen LogP contribution in [0.15, 0.2) is 40.9 Å². The van der Waals surface area contributed by atoms with Gasteiger partial charge in [-0.2, -0.15) is 0 Å². The molecule has 2 heterocycles. The predicted molar refractivity (Wildman–Crippen MR) is 81.3 cm³/mol. The highest BCUT2D eigenvalue weighted by Crippen LogP contribution is 2.35. The fourth-order valence-electron chi connectivity index (χ4n) is 2.96. The minimum absolute atomic E-state index is 0.0241. The lowest BCUT2D eigenvalue weighted by Gasteiger charge is -2.36. The van der Waals surface area contributed by atoms with E-state index in [2.05, 4.69) is 10.5 Å².